The summed E-state index contributed by atoms with van der Waals surface area (Å²) in [4.78, 5) is 0. The molecule has 0 aliphatic heterocycles. The highest BCUT2D eigenvalue weighted by atomic mass is 35.5. The summed E-state index contributed by atoms with van der Waals surface area (Å²) < 4.78 is 18.9. The Morgan fingerprint density at radius 2 is 2.19 bits per heavy atom. The third-order valence-electron chi connectivity index (χ3n) is 2.54. The van der Waals surface area contributed by atoms with Gasteiger partial charge in [0.05, 0.1) is 11.1 Å². The summed E-state index contributed by atoms with van der Waals surface area (Å²) in [6, 6.07) is 2.78. The van der Waals surface area contributed by atoms with Crippen molar-refractivity contribution in [2.75, 3.05) is 6.54 Å². The highest BCUT2D eigenvalue weighted by molar-refractivity contribution is 6.32. The van der Waals surface area contributed by atoms with E-state index in [2.05, 4.69) is 0 Å². The van der Waals surface area contributed by atoms with Crippen molar-refractivity contribution in [3.8, 4) is 5.75 Å². The smallest absolute Gasteiger partial charge is 0.141 e. The average Bonchev–Trinajstić information content (AvgIpc) is 3.03. The molecule has 1 saturated carbocycles. The first-order valence-electron chi connectivity index (χ1n) is 5.55. The zero-order valence-corrected chi connectivity index (χ0v) is 9.77. The van der Waals surface area contributed by atoms with Crippen LogP contribution in [0.5, 0.6) is 5.75 Å². The molecule has 88 valence electrons. The van der Waals surface area contributed by atoms with Crippen LogP contribution in [-0.4, -0.2) is 12.6 Å². The fraction of sp³-hybridized carbons (Fsp3) is 0.500. The van der Waals surface area contributed by atoms with Crippen molar-refractivity contribution < 1.29 is 9.13 Å². The Morgan fingerprint density at radius 1 is 1.44 bits per heavy atom. The summed E-state index contributed by atoms with van der Waals surface area (Å²) in [5.41, 5.74) is 6.27. The van der Waals surface area contributed by atoms with Crippen LogP contribution in [0.3, 0.4) is 0 Å². The zero-order chi connectivity index (χ0) is 11.5. The number of halogens is 2. The van der Waals surface area contributed by atoms with E-state index in [1.807, 2.05) is 0 Å². The van der Waals surface area contributed by atoms with Crippen LogP contribution in [-0.2, 0) is 6.42 Å². The molecule has 0 saturated heterocycles. The van der Waals surface area contributed by atoms with Crippen molar-refractivity contribution in [2.24, 2.45) is 5.73 Å². The van der Waals surface area contributed by atoms with Gasteiger partial charge in [0.15, 0.2) is 0 Å². The predicted molar refractivity (Wildman–Crippen MR) is 62.4 cm³/mol. The maximum atomic E-state index is 13.2. The number of rotatable bonds is 5. The second-order valence-electron chi connectivity index (χ2n) is 4.09. The van der Waals surface area contributed by atoms with Gasteiger partial charge in [-0.25, -0.2) is 4.39 Å². The van der Waals surface area contributed by atoms with Gasteiger partial charge in [-0.1, -0.05) is 11.6 Å². The van der Waals surface area contributed by atoms with Gasteiger partial charge < -0.3 is 10.5 Å². The summed E-state index contributed by atoms with van der Waals surface area (Å²) in [6.45, 7) is 0.580. The molecule has 2 N–H and O–H groups in total. The van der Waals surface area contributed by atoms with Crippen LogP contribution in [0, 0.1) is 5.82 Å². The molecule has 0 aromatic heterocycles. The minimum absolute atomic E-state index is 0.264. The number of ether oxygens (including phenoxy) is 1. The maximum Gasteiger partial charge on any atom is 0.141 e. The molecule has 16 heavy (non-hydrogen) atoms. The number of nitrogens with two attached hydrogens (primary N) is 1. The molecule has 0 radical (unpaired) electrons. The van der Waals surface area contributed by atoms with Crippen LogP contribution in [0.25, 0.3) is 0 Å². The Bertz CT molecular complexity index is 380. The number of hydrogen-bond acceptors (Lipinski definition) is 2. The van der Waals surface area contributed by atoms with Crippen molar-refractivity contribution in [3.05, 3.63) is 28.5 Å². The predicted octanol–water partition coefficient (Wildman–Crippen LogP) is 2.91. The molecule has 2 nitrogen and oxygen atoms in total. The molecular weight excluding hydrogens is 229 g/mol. The molecular formula is C12H15ClFNO. The van der Waals surface area contributed by atoms with Gasteiger partial charge >= 0.3 is 0 Å². The monoisotopic (exact) mass is 243 g/mol. The van der Waals surface area contributed by atoms with Gasteiger partial charge in [-0.3, -0.25) is 0 Å². The van der Waals surface area contributed by atoms with Gasteiger partial charge in [0.2, 0.25) is 0 Å². The van der Waals surface area contributed by atoms with Crippen LogP contribution >= 0.6 is 11.6 Å². The number of benzene rings is 1. The van der Waals surface area contributed by atoms with E-state index in [1.165, 1.54) is 12.1 Å². The first-order chi connectivity index (χ1) is 7.70. The second-order valence-corrected chi connectivity index (χ2v) is 4.49. The summed E-state index contributed by atoms with van der Waals surface area (Å²) >= 11 is 5.99. The highest BCUT2D eigenvalue weighted by Gasteiger charge is 2.26. The minimum Gasteiger partial charge on any atom is -0.489 e. The first kappa shape index (κ1) is 11.7. The summed E-state index contributed by atoms with van der Waals surface area (Å²) in [6.07, 6.45) is 3.89. The molecule has 0 spiro atoms. The van der Waals surface area contributed by atoms with Crippen LogP contribution < -0.4 is 10.5 Å². The van der Waals surface area contributed by atoms with Crippen LogP contribution in [0.4, 0.5) is 4.39 Å². The average molecular weight is 244 g/mol. The molecule has 2 rings (SSSR count). The Morgan fingerprint density at radius 3 is 2.81 bits per heavy atom. The van der Waals surface area contributed by atoms with Crippen molar-refractivity contribution in [3.63, 3.8) is 0 Å². The standard InChI is InChI=1S/C12H15ClFNO/c13-11-7-9(14)6-8(2-1-5-15)12(11)16-10-3-4-10/h6-7,10H,1-5,15H2. The van der Waals surface area contributed by atoms with Gasteiger partial charge in [0, 0.05) is 0 Å². The van der Waals surface area contributed by atoms with E-state index >= 15 is 0 Å². The number of aryl methyl sites for hydroxylation is 1. The molecule has 0 amide bonds. The SMILES string of the molecule is NCCCc1cc(F)cc(Cl)c1OC1CC1. The lowest BCUT2D eigenvalue weighted by atomic mass is 10.1. The molecule has 4 heteroatoms. The van der Waals surface area contributed by atoms with Gasteiger partial charge in [-0.15, -0.1) is 0 Å². The van der Waals surface area contributed by atoms with Gasteiger partial charge in [0.25, 0.3) is 0 Å². The van der Waals surface area contributed by atoms with E-state index in [4.69, 9.17) is 22.1 Å². The number of hydrogen-bond donors (Lipinski definition) is 1. The zero-order valence-electron chi connectivity index (χ0n) is 9.01. The molecule has 0 bridgehead atoms. The van der Waals surface area contributed by atoms with Gasteiger partial charge in [0.1, 0.15) is 11.6 Å². The van der Waals surface area contributed by atoms with Gasteiger partial charge in [-0.05, 0) is 49.9 Å². The molecule has 0 heterocycles. The maximum absolute atomic E-state index is 13.2. The normalized spacial score (nSPS) is 15.2. The van der Waals surface area contributed by atoms with E-state index in [0.717, 1.165) is 24.8 Å². The van der Waals surface area contributed by atoms with E-state index in [9.17, 15) is 4.39 Å². The second kappa shape index (κ2) is 5.02. The summed E-state index contributed by atoms with van der Waals surface area (Å²) in [7, 11) is 0. The molecule has 1 aliphatic carbocycles. The molecule has 0 unspecified atom stereocenters. The fourth-order valence-electron chi connectivity index (χ4n) is 1.58. The quantitative estimate of drug-likeness (QED) is 0.863. The Hall–Kier alpha value is -0.800. The Kier molecular flexibility index (Phi) is 3.66. The van der Waals surface area contributed by atoms with Crippen LogP contribution in [0.1, 0.15) is 24.8 Å². The lowest BCUT2D eigenvalue weighted by Crippen LogP contribution is -2.05. The van der Waals surface area contributed by atoms with E-state index in [0.29, 0.717) is 23.7 Å². The van der Waals surface area contributed by atoms with Crippen molar-refractivity contribution in [2.45, 2.75) is 31.8 Å². The third-order valence-corrected chi connectivity index (χ3v) is 2.83. The Balaban J connectivity index is 2.22. The van der Waals surface area contributed by atoms with Crippen LogP contribution in [0.15, 0.2) is 12.1 Å². The lowest BCUT2D eigenvalue weighted by Gasteiger charge is -2.12. The van der Waals surface area contributed by atoms with E-state index in [1.54, 1.807) is 0 Å². The van der Waals surface area contributed by atoms with Crippen LogP contribution in [0.2, 0.25) is 5.02 Å². The lowest BCUT2D eigenvalue weighted by molar-refractivity contribution is 0.299. The first-order valence-corrected chi connectivity index (χ1v) is 5.93. The molecule has 1 aliphatic rings. The van der Waals surface area contributed by atoms with E-state index < -0.39 is 0 Å². The van der Waals surface area contributed by atoms with E-state index in [-0.39, 0.29) is 11.9 Å². The summed E-state index contributed by atoms with van der Waals surface area (Å²) in [5, 5.41) is 0.360. The Labute approximate surface area is 99.5 Å². The topological polar surface area (TPSA) is 35.2 Å². The largest absolute Gasteiger partial charge is 0.489 e. The minimum atomic E-state index is -0.319. The summed E-state index contributed by atoms with van der Waals surface area (Å²) in [5.74, 6) is 0.319. The van der Waals surface area contributed by atoms with Crippen molar-refractivity contribution >= 4 is 11.6 Å². The molecule has 1 aromatic carbocycles. The highest BCUT2D eigenvalue weighted by Crippen LogP contribution is 2.36. The fourth-order valence-corrected chi connectivity index (χ4v) is 1.85. The molecule has 1 aromatic rings. The molecule has 0 atom stereocenters. The van der Waals surface area contributed by atoms with Crippen molar-refractivity contribution in [1.29, 1.82) is 0 Å². The van der Waals surface area contributed by atoms with Crippen molar-refractivity contribution in [1.82, 2.24) is 0 Å². The third kappa shape index (κ3) is 2.86. The van der Waals surface area contributed by atoms with Gasteiger partial charge in [-0.2, -0.15) is 0 Å². The molecule has 1 fully saturated rings.